The molecule has 11 nitrogen and oxygen atoms in total. The Balaban J connectivity index is 1.42. The van der Waals surface area contributed by atoms with Crippen LogP contribution < -0.4 is 9.62 Å². The van der Waals surface area contributed by atoms with Gasteiger partial charge in [0.2, 0.25) is 10.0 Å². The molecule has 0 aliphatic carbocycles. The number of benzene rings is 1. The first-order valence-electron chi connectivity index (χ1n) is 12.2. The number of anilines is 1. The van der Waals surface area contributed by atoms with E-state index in [9.17, 15) is 12.8 Å². The Labute approximate surface area is 228 Å². The normalized spacial score (nSPS) is 11.9. The van der Waals surface area contributed by atoms with Gasteiger partial charge in [-0.15, -0.1) is 0 Å². The standard InChI is InChI=1S/C27H24FN9O2S/c1-37(2)19-9-17(11-29-12-19)21-4-5-22-25(32-21)26(36-35-22)27-33-23-14-30-13-20(24(23)34-27)16-6-15(7-18(28)8-16)10-31-40(3,38)39/h4-9,11-14,31H,10H2,1-3H3,(H,33,34)(H,35,36). The first kappa shape index (κ1) is 25.5. The molecule has 0 aliphatic rings. The van der Waals surface area contributed by atoms with Crippen LogP contribution in [0.3, 0.4) is 0 Å². The molecule has 0 aliphatic heterocycles. The summed E-state index contributed by atoms with van der Waals surface area (Å²) in [5, 5.41) is 7.48. The zero-order valence-electron chi connectivity index (χ0n) is 21.8. The summed E-state index contributed by atoms with van der Waals surface area (Å²) in [6.07, 6.45) is 7.83. The molecule has 0 fully saturated rings. The van der Waals surface area contributed by atoms with Crippen molar-refractivity contribution in [2.75, 3.05) is 25.3 Å². The monoisotopic (exact) mass is 557 g/mol. The highest BCUT2D eigenvalue weighted by atomic mass is 32.2. The van der Waals surface area contributed by atoms with E-state index in [1.807, 2.05) is 37.2 Å². The molecule has 5 aromatic heterocycles. The molecule has 0 bridgehead atoms. The van der Waals surface area contributed by atoms with E-state index in [0.29, 0.717) is 44.8 Å². The maximum atomic E-state index is 14.5. The molecular weight excluding hydrogens is 533 g/mol. The third-order valence-electron chi connectivity index (χ3n) is 6.37. The Bertz CT molecular complexity index is 2000. The highest BCUT2D eigenvalue weighted by molar-refractivity contribution is 7.88. The number of fused-ring (bicyclic) bond motifs is 2. The van der Waals surface area contributed by atoms with Gasteiger partial charge in [-0.3, -0.25) is 15.1 Å². The van der Waals surface area contributed by atoms with Crippen molar-refractivity contribution in [3.63, 3.8) is 0 Å². The van der Waals surface area contributed by atoms with Crippen molar-refractivity contribution in [3.8, 4) is 33.9 Å². The van der Waals surface area contributed by atoms with Crippen molar-refractivity contribution in [2.45, 2.75) is 6.54 Å². The maximum absolute atomic E-state index is 14.5. The molecule has 0 saturated carbocycles. The van der Waals surface area contributed by atoms with E-state index in [4.69, 9.17) is 9.97 Å². The number of nitrogens with one attached hydrogen (secondary N) is 3. The van der Waals surface area contributed by atoms with Gasteiger partial charge in [-0.2, -0.15) is 5.10 Å². The van der Waals surface area contributed by atoms with Crippen molar-refractivity contribution in [3.05, 3.63) is 72.6 Å². The first-order chi connectivity index (χ1) is 19.1. The van der Waals surface area contributed by atoms with Crippen LogP contribution in [-0.2, 0) is 16.6 Å². The smallest absolute Gasteiger partial charge is 0.209 e. The molecule has 0 spiro atoms. The lowest BCUT2D eigenvalue weighted by Crippen LogP contribution is -2.21. The van der Waals surface area contributed by atoms with E-state index in [1.54, 1.807) is 30.9 Å². The molecule has 0 unspecified atom stereocenters. The molecule has 0 amide bonds. The average Bonchev–Trinajstić information content (AvgIpc) is 3.55. The van der Waals surface area contributed by atoms with Gasteiger partial charge < -0.3 is 9.88 Å². The minimum absolute atomic E-state index is 0.0426. The molecule has 5 heterocycles. The van der Waals surface area contributed by atoms with Crippen LogP contribution in [-0.4, -0.2) is 63.9 Å². The second-order valence-electron chi connectivity index (χ2n) is 9.60. The van der Waals surface area contributed by atoms with E-state index in [-0.39, 0.29) is 6.54 Å². The van der Waals surface area contributed by atoms with Crippen LogP contribution in [0.2, 0.25) is 0 Å². The largest absolute Gasteiger partial charge is 0.376 e. The summed E-state index contributed by atoms with van der Waals surface area (Å²) in [6, 6.07) is 10.2. The van der Waals surface area contributed by atoms with Crippen molar-refractivity contribution < 1.29 is 12.8 Å². The average molecular weight is 558 g/mol. The van der Waals surface area contributed by atoms with E-state index >= 15 is 0 Å². The number of H-pyrrole nitrogens is 2. The van der Waals surface area contributed by atoms with Gasteiger partial charge in [0.15, 0.2) is 11.5 Å². The van der Waals surface area contributed by atoms with Gasteiger partial charge in [-0.05, 0) is 47.5 Å². The van der Waals surface area contributed by atoms with Crippen molar-refractivity contribution in [1.29, 1.82) is 0 Å². The summed E-state index contributed by atoms with van der Waals surface area (Å²) in [5.74, 6) is -0.0332. The lowest BCUT2D eigenvalue weighted by atomic mass is 10.0. The Morgan fingerprint density at radius 3 is 2.55 bits per heavy atom. The highest BCUT2D eigenvalue weighted by Crippen LogP contribution is 2.32. The first-order valence-corrected chi connectivity index (χ1v) is 14.1. The molecule has 6 aromatic rings. The molecule has 40 heavy (non-hydrogen) atoms. The summed E-state index contributed by atoms with van der Waals surface area (Å²) in [7, 11) is 0.466. The number of hydrogen-bond donors (Lipinski definition) is 3. The summed E-state index contributed by atoms with van der Waals surface area (Å²) < 4.78 is 40.0. The van der Waals surface area contributed by atoms with Crippen LogP contribution in [0.1, 0.15) is 5.56 Å². The van der Waals surface area contributed by atoms with Crippen molar-refractivity contribution in [1.82, 2.24) is 39.8 Å². The number of nitrogens with zero attached hydrogens (tertiary/aromatic N) is 6. The van der Waals surface area contributed by atoms with Crippen LogP contribution in [0.4, 0.5) is 10.1 Å². The maximum Gasteiger partial charge on any atom is 0.209 e. The molecule has 6 rings (SSSR count). The lowest BCUT2D eigenvalue weighted by Gasteiger charge is -2.12. The van der Waals surface area contributed by atoms with Gasteiger partial charge >= 0.3 is 0 Å². The zero-order valence-corrected chi connectivity index (χ0v) is 22.6. The second-order valence-corrected chi connectivity index (χ2v) is 11.4. The zero-order chi connectivity index (χ0) is 28.0. The van der Waals surface area contributed by atoms with Crippen molar-refractivity contribution >= 4 is 37.8 Å². The van der Waals surface area contributed by atoms with Gasteiger partial charge in [-0.25, -0.2) is 27.5 Å². The van der Waals surface area contributed by atoms with Crippen molar-refractivity contribution in [2.24, 2.45) is 0 Å². The molecule has 202 valence electrons. The quantitative estimate of drug-likeness (QED) is 0.268. The Hall–Kier alpha value is -4.75. The molecule has 0 radical (unpaired) electrons. The number of hydrogen-bond acceptors (Lipinski definition) is 8. The number of pyridine rings is 3. The van der Waals surface area contributed by atoms with Crippen LogP contribution in [0.5, 0.6) is 0 Å². The highest BCUT2D eigenvalue weighted by Gasteiger charge is 2.18. The SMILES string of the molecule is CN(C)c1cncc(-c2ccc3[nH]nc(-c4nc5c(-c6cc(F)cc(CNS(C)(=O)=O)c6)cncc5[nH]4)c3n2)c1. The fraction of sp³-hybridized carbons (Fsp3) is 0.148. The van der Waals surface area contributed by atoms with E-state index in [1.165, 1.54) is 12.1 Å². The summed E-state index contributed by atoms with van der Waals surface area (Å²) >= 11 is 0. The number of halogens is 1. The third-order valence-corrected chi connectivity index (χ3v) is 7.04. The van der Waals surface area contributed by atoms with Gasteiger partial charge in [0.05, 0.1) is 46.6 Å². The number of sulfonamides is 1. The topological polar surface area (TPSA) is 145 Å². The fourth-order valence-electron chi connectivity index (χ4n) is 4.42. The Morgan fingerprint density at radius 1 is 0.925 bits per heavy atom. The molecular formula is C27H24FN9O2S. The molecule has 13 heteroatoms. The number of aromatic nitrogens is 7. The lowest BCUT2D eigenvalue weighted by molar-refractivity contribution is 0.586. The molecule has 0 atom stereocenters. The Morgan fingerprint density at radius 2 is 1.75 bits per heavy atom. The summed E-state index contributed by atoms with van der Waals surface area (Å²) in [4.78, 5) is 23.5. The predicted molar refractivity (Wildman–Crippen MR) is 151 cm³/mol. The second kappa shape index (κ2) is 9.77. The third kappa shape index (κ3) is 4.99. The molecule has 3 N–H and O–H groups in total. The summed E-state index contributed by atoms with van der Waals surface area (Å²) in [5.41, 5.74) is 7.20. The van der Waals surface area contributed by atoms with Gasteiger partial charge in [0.1, 0.15) is 11.3 Å². The van der Waals surface area contributed by atoms with Crippen LogP contribution in [0, 0.1) is 5.82 Å². The summed E-state index contributed by atoms with van der Waals surface area (Å²) in [6.45, 7) is -0.0426. The number of rotatable bonds is 7. The number of imidazole rings is 1. The van der Waals surface area contributed by atoms with Gasteiger partial charge in [0.25, 0.3) is 0 Å². The van der Waals surface area contributed by atoms with E-state index in [0.717, 1.165) is 28.7 Å². The van der Waals surface area contributed by atoms with Crippen LogP contribution in [0.25, 0.3) is 56.0 Å². The Kier molecular flexibility index (Phi) is 6.24. The number of aromatic amines is 2. The van der Waals surface area contributed by atoms with E-state index in [2.05, 4.69) is 29.9 Å². The minimum Gasteiger partial charge on any atom is -0.376 e. The fourth-order valence-corrected chi connectivity index (χ4v) is 4.84. The van der Waals surface area contributed by atoms with Gasteiger partial charge in [-0.1, -0.05) is 0 Å². The van der Waals surface area contributed by atoms with E-state index < -0.39 is 15.8 Å². The van der Waals surface area contributed by atoms with Gasteiger partial charge in [0, 0.05) is 44.2 Å². The molecule has 1 aromatic carbocycles. The molecule has 0 saturated heterocycles. The predicted octanol–water partition coefficient (Wildman–Crippen LogP) is 3.88. The van der Waals surface area contributed by atoms with Crippen LogP contribution in [0.15, 0.2) is 61.2 Å². The van der Waals surface area contributed by atoms with Crippen LogP contribution >= 0.6 is 0 Å². The minimum atomic E-state index is -3.44.